The van der Waals surface area contributed by atoms with E-state index in [1.165, 1.54) is 11.1 Å². The normalized spacial score (nSPS) is 19.6. The van der Waals surface area contributed by atoms with E-state index in [1.807, 2.05) is 11.0 Å². The van der Waals surface area contributed by atoms with Gasteiger partial charge in [0, 0.05) is 30.7 Å². The van der Waals surface area contributed by atoms with Crippen molar-refractivity contribution in [2.75, 3.05) is 26.2 Å². The fraction of sp³-hybridized carbons (Fsp3) is 0.310. The standard InChI is InChI=1S/C27H25ClN2O3.C2HF3O2/c28-25-13-20(31)10-9-18(25)14-29-12-11-19(15-29)30-17-27(33-16-26(30)32)23-7-3-1-5-21(23)22-6-2-4-8-24(22)27;3-2(4,5)1(6)7/h1-10,13,19,31H,11-12,14-17H2;(H,6,7). The second kappa shape index (κ2) is 10.8. The highest BCUT2D eigenvalue weighted by Gasteiger charge is 2.50. The number of phenols is 1. The lowest BCUT2D eigenvalue weighted by Gasteiger charge is -2.44. The fourth-order valence-corrected chi connectivity index (χ4v) is 5.94. The van der Waals surface area contributed by atoms with E-state index >= 15 is 0 Å². The molecule has 3 aromatic carbocycles. The highest BCUT2D eigenvalue weighted by atomic mass is 35.5. The Morgan fingerprint density at radius 2 is 1.65 bits per heavy atom. The lowest BCUT2D eigenvalue weighted by atomic mass is 9.88. The van der Waals surface area contributed by atoms with Crippen LogP contribution in [0.3, 0.4) is 0 Å². The zero-order valence-electron chi connectivity index (χ0n) is 21.2. The monoisotopic (exact) mass is 574 g/mol. The number of ether oxygens (including phenoxy) is 1. The van der Waals surface area contributed by atoms with E-state index in [1.54, 1.807) is 12.1 Å². The van der Waals surface area contributed by atoms with Crippen LogP contribution in [-0.4, -0.2) is 70.3 Å². The Morgan fingerprint density at radius 1 is 1.05 bits per heavy atom. The molecule has 40 heavy (non-hydrogen) atoms. The third-order valence-electron chi connectivity index (χ3n) is 7.53. The number of carboxylic acids is 1. The molecule has 2 aliphatic heterocycles. The van der Waals surface area contributed by atoms with Crippen molar-refractivity contribution >= 4 is 23.5 Å². The molecule has 2 N–H and O–H groups in total. The van der Waals surface area contributed by atoms with Crippen molar-refractivity contribution in [3.8, 4) is 16.9 Å². The van der Waals surface area contributed by atoms with Crippen molar-refractivity contribution in [2.45, 2.75) is 30.8 Å². The number of alkyl halides is 3. The van der Waals surface area contributed by atoms with Gasteiger partial charge in [-0.15, -0.1) is 0 Å². The van der Waals surface area contributed by atoms with E-state index in [9.17, 15) is 23.1 Å². The number of morpholine rings is 1. The molecule has 11 heteroatoms. The van der Waals surface area contributed by atoms with E-state index in [0.717, 1.165) is 36.2 Å². The maximum atomic E-state index is 13.0. The Kier molecular flexibility index (Phi) is 7.52. The third-order valence-corrected chi connectivity index (χ3v) is 7.88. The quantitative estimate of drug-likeness (QED) is 0.456. The Hall–Kier alpha value is -3.60. The molecule has 1 amide bonds. The fourth-order valence-electron chi connectivity index (χ4n) is 5.70. The van der Waals surface area contributed by atoms with Gasteiger partial charge in [0.15, 0.2) is 0 Å². The van der Waals surface area contributed by atoms with Crippen molar-refractivity contribution in [3.05, 3.63) is 88.4 Å². The van der Waals surface area contributed by atoms with Gasteiger partial charge in [-0.3, -0.25) is 9.69 Å². The van der Waals surface area contributed by atoms with E-state index < -0.39 is 17.7 Å². The number of fused-ring (bicyclic) bond motifs is 5. The van der Waals surface area contributed by atoms with E-state index in [-0.39, 0.29) is 24.3 Å². The predicted octanol–water partition coefficient (Wildman–Crippen LogP) is 5.04. The maximum absolute atomic E-state index is 13.0. The number of aromatic hydroxyl groups is 1. The van der Waals surface area contributed by atoms with Crippen LogP contribution >= 0.6 is 11.6 Å². The smallest absolute Gasteiger partial charge is 0.490 e. The zero-order chi connectivity index (χ0) is 28.7. The van der Waals surface area contributed by atoms with Gasteiger partial charge in [0.25, 0.3) is 0 Å². The predicted molar refractivity (Wildman–Crippen MR) is 141 cm³/mol. The summed E-state index contributed by atoms with van der Waals surface area (Å²) in [6.45, 7) is 3.00. The first kappa shape index (κ1) is 27.9. The second-order valence-electron chi connectivity index (χ2n) is 9.98. The Balaban J connectivity index is 0.000000411. The van der Waals surface area contributed by atoms with Crippen LogP contribution in [0.1, 0.15) is 23.1 Å². The van der Waals surface area contributed by atoms with Crippen LogP contribution in [0.25, 0.3) is 11.1 Å². The molecule has 0 saturated carbocycles. The Bertz CT molecular complexity index is 1400. The van der Waals surface area contributed by atoms with E-state index in [2.05, 4.69) is 53.4 Å². The summed E-state index contributed by atoms with van der Waals surface area (Å²) in [6.07, 6.45) is -4.17. The number of carboxylic acid groups (broad SMARTS) is 1. The number of benzene rings is 3. The topological polar surface area (TPSA) is 90.3 Å². The van der Waals surface area contributed by atoms with Crippen LogP contribution in [0.2, 0.25) is 5.02 Å². The van der Waals surface area contributed by atoms with Crippen molar-refractivity contribution in [2.24, 2.45) is 0 Å². The van der Waals surface area contributed by atoms with Crippen LogP contribution in [0.4, 0.5) is 13.2 Å². The van der Waals surface area contributed by atoms with Gasteiger partial charge in [0.1, 0.15) is 18.0 Å². The minimum atomic E-state index is -5.08. The number of hydrogen-bond donors (Lipinski definition) is 2. The number of halogens is 4. The SMILES string of the molecule is O=C(O)C(F)(F)F.O=C1COC2(CN1C1CCN(Cc3ccc(O)cc3Cl)C1)c1ccccc1-c1ccccc12. The van der Waals surface area contributed by atoms with Gasteiger partial charge in [-0.25, -0.2) is 4.79 Å². The summed E-state index contributed by atoms with van der Waals surface area (Å²) < 4.78 is 38.1. The number of hydrogen-bond acceptors (Lipinski definition) is 5. The third kappa shape index (κ3) is 5.26. The molecule has 2 heterocycles. The minimum Gasteiger partial charge on any atom is -0.508 e. The molecule has 0 radical (unpaired) electrons. The lowest BCUT2D eigenvalue weighted by Crippen LogP contribution is -2.56. The van der Waals surface area contributed by atoms with Crippen LogP contribution in [0.15, 0.2) is 66.7 Å². The molecular weight excluding hydrogens is 549 g/mol. The number of nitrogens with zero attached hydrogens (tertiary/aromatic N) is 2. The molecule has 1 unspecified atom stereocenters. The average molecular weight is 575 g/mol. The summed E-state index contributed by atoms with van der Waals surface area (Å²) in [7, 11) is 0. The molecule has 3 aliphatic rings. The molecule has 1 atom stereocenters. The van der Waals surface area contributed by atoms with Crippen LogP contribution in [0, 0.1) is 0 Å². The van der Waals surface area contributed by atoms with Crippen LogP contribution in [0.5, 0.6) is 5.75 Å². The number of amides is 1. The van der Waals surface area contributed by atoms with Gasteiger partial charge in [-0.1, -0.05) is 66.2 Å². The van der Waals surface area contributed by atoms with Crippen molar-refractivity contribution in [1.29, 1.82) is 0 Å². The molecule has 0 bridgehead atoms. The van der Waals surface area contributed by atoms with Crippen LogP contribution < -0.4 is 0 Å². The van der Waals surface area contributed by atoms with Crippen molar-refractivity contribution < 1.29 is 37.7 Å². The maximum Gasteiger partial charge on any atom is 0.490 e. The van der Waals surface area contributed by atoms with Gasteiger partial charge < -0.3 is 19.8 Å². The number of rotatable bonds is 3. The van der Waals surface area contributed by atoms with Gasteiger partial charge in [-0.05, 0) is 46.4 Å². The van der Waals surface area contributed by atoms with Crippen molar-refractivity contribution in [1.82, 2.24) is 9.80 Å². The van der Waals surface area contributed by atoms with E-state index in [0.29, 0.717) is 18.1 Å². The largest absolute Gasteiger partial charge is 0.508 e. The number of aliphatic carboxylic acids is 1. The number of likely N-dealkylation sites (tertiary alicyclic amines) is 1. The summed E-state index contributed by atoms with van der Waals surface area (Å²) in [6, 6.07) is 22.0. The molecule has 1 spiro atoms. The Morgan fingerprint density at radius 3 is 2.23 bits per heavy atom. The minimum absolute atomic E-state index is 0.0528. The van der Waals surface area contributed by atoms with Crippen LogP contribution in [-0.2, 0) is 26.5 Å². The highest BCUT2D eigenvalue weighted by Crippen LogP contribution is 2.51. The first-order valence-corrected chi connectivity index (χ1v) is 13.0. The van der Waals surface area contributed by atoms with Gasteiger partial charge >= 0.3 is 12.1 Å². The molecular formula is C29H26ClF3N2O5. The number of carbonyl (C=O) groups is 2. The number of phenolic OH excluding ortho intramolecular Hbond substituents is 1. The van der Waals surface area contributed by atoms with Gasteiger partial charge in [-0.2, -0.15) is 13.2 Å². The van der Waals surface area contributed by atoms with Gasteiger partial charge in [0.05, 0.1) is 6.54 Å². The molecule has 1 aliphatic carbocycles. The van der Waals surface area contributed by atoms with Gasteiger partial charge in [0.2, 0.25) is 5.91 Å². The number of carbonyl (C=O) groups excluding carboxylic acids is 1. The first-order valence-electron chi connectivity index (χ1n) is 12.6. The molecule has 3 aromatic rings. The summed E-state index contributed by atoms with van der Waals surface area (Å²) in [5.41, 5.74) is 5.05. The summed E-state index contributed by atoms with van der Waals surface area (Å²) in [4.78, 5) is 26.3. The molecule has 6 rings (SSSR count). The summed E-state index contributed by atoms with van der Waals surface area (Å²) in [5, 5.41) is 17.3. The lowest BCUT2D eigenvalue weighted by molar-refractivity contribution is -0.192. The Labute approximate surface area is 233 Å². The molecule has 0 aromatic heterocycles. The molecule has 2 saturated heterocycles. The summed E-state index contributed by atoms with van der Waals surface area (Å²) >= 11 is 6.33. The molecule has 7 nitrogen and oxygen atoms in total. The average Bonchev–Trinajstić information content (AvgIpc) is 3.49. The highest BCUT2D eigenvalue weighted by molar-refractivity contribution is 6.31. The summed E-state index contributed by atoms with van der Waals surface area (Å²) in [5.74, 6) is -2.53. The molecule has 2 fully saturated rings. The first-order chi connectivity index (χ1) is 19.0. The zero-order valence-corrected chi connectivity index (χ0v) is 22.0. The molecule has 210 valence electrons. The second-order valence-corrected chi connectivity index (χ2v) is 10.4. The van der Waals surface area contributed by atoms with Crippen molar-refractivity contribution in [3.63, 3.8) is 0 Å². The van der Waals surface area contributed by atoms with E-state index in [4.69, 9.17) is 26.2 Å².